The maximum atomic E-state index is 12.8. The molecule has 5 nitrogen and oxygen atoms in total. The lowest BCUT2D eigenvalue weighted by molar-refractivity contribution is 0.102. The molecule has 0 spiro atoms. The highest BCUT2D eigenvalue weighted by Crippen LogP contribution is 2.21. The van der Waals surface area contributed by atoms with E-state index in [9.17, 15) is 4.79 Å². The number of hydrogen-bond acceptors (Lipinski definition) is 3. The van der Waals surface area contributed by atoms with Crippen LogP contribution in [0.4, 0.5) is 5.69 Å². The molecule has 0 saturated carbocycles. The van der Waals surface area contributed by atoms with Gasteiger partial charge in [-0.2, -0.15) is 0 Å². The van der Waals surface area contributed by atoms with Gasteiger partial charge in [0.2, 0.25) is 0 Å². The summed E-state index contributed by atoms with van der Waals surface area (Å²) in [5, 5.41) is 2.95. The molecule has 1 N–H and O–H groups in total. The van der Waals surface area contributed by atoms with E-state index in [1.807, 2.05) is 71.4 Å². The summed E-state index contributed by atoms with van der Waals surface area (Å²) in [6.45, 7) is 2.38. The van der Waals surface area contributed by atoms with Gasteiger partial charge in [0.1, 0.15) is 18.0 Å². The van der Waals surface area contributed by atoms with Crippen molar-refractivity contribution < 1.29 is 9.53 Å². The second kappa shape index (κ2) is 7.96. The topological polar surface area (TPSA) is 55.6 Å². The van der Waals surface area contributed by atoms with Gasteiger partial charge in [0.15, 0.2) is 0 Å². The first kappa shape index (κ1) is 17.8. The molecule has 5 heteroatoms. The molecule has 0 fully saturated rings. The maximum absolute atomic E-state index is 12.8. The molecule has 0 saturated heterocycles. The number of anilines is 1. The summed E-state index contributed by atoms with van der Waals surface area (Å²) in [5.41, 5.74) is 4.11. The Morgan fingerprint density at radius 2 is 1.93 bits per heavy atom. The number of carbonyl (C=O) groups is 1. The first-order valence-electron chi connectivity index (χ1n) is 9.27. The fourth-order valence-corrected chi connectivity index (χ4v) is 3.06. The van der Waals surface area contributed by atoms with Crippen LogP contribution < -0.4 is 10.1 Å². The molecule has 2 aromatic carbocycles. The zero-order valence-electron chi connectivity index (χ0n) is 15.6. The minimum absolute atomic E-state index is 0.196. The van der Waals surface area contributed by atoms with Crippen LogP contribution in [0, 0.1) is 0 Å². The maximum Gasteiger partial charge on any atom is 0.259 e. The van der Waals surface area contributed by atoms with Crippen LogP contribution in [0.1, 0.15) is 28.5 Å². The van der Waals surface area contributed by atoms with Crippen LogP contribution in [0.25, 0.3) is 5.65 Å². The zero-order chi connectivity index (χ0) is 19.3. The lowest BCUT2D eigenvalue weighted by atomic mass is 10.1. The number of para-hydroxylation sites is 1. The predicted molar refractivity (Wildman–Crippen MR) is 110 cm³/mol. The molecular formula is C23H21N3O2. The minimum Gasteiger partial charge on any atom is -0.486 e. The van der Waals surface area contributed by atoms with Gasteiger partial charge in [-0.25, -0.2) is 4.98 Å². The summed E-state index contributed by atoms with van der Waals surface area (Å²) in [4.78, 5) is 17.3. The van der Waals surface area contributed by atoms with Gasteiger partial charge in [-0.3, -0.25) is 4.79 Å². The van der Waals surface area contributed by atoms with Gasteiger partial charge in [-0.1, -0.05) is 37.3 Å². The third kappa shape index (κ3) is 3.88. The van der Waals surface area contributed by atoms with E-state index in [1.54, 1.807) is 12.1 Å². The van der Waals surface area contributed by atoms with E-state index in [-0.39, 0.29) is 12.5 Å². The van der Waals surface area contributed by atoms with Gasteiger partial charge in [-0.05, 0) is 48.4 Å². The van der Waals surface area contributed by atoms with Crippen molar-refractivity contribution in [3.05, 3.63) is 95.9 Å². The molecule has 2 aromatic heterocycles. The van der Waals surface area contributed by atoms with E-state index < -0.39 is 0 Å². The van der Waals surface area contributed by atoms with E-state index in [0.717, 1.165) is 23.4 Å². The number of benzene rings is 2. The number of ether oxygens (including phenoxy) is 1. The van der Waals surface area contributed by atoms with Crippen molar-refractivity contribution >= 4 is 17.2 Å². The Balaban J connectivity index is 1.50. The number of carbonyl (C=O) groups excluding carboxylic acids is 1. The molecule has 4 aromatic rings. The van der Waals surface area contributed by atoms with E-state index in [4.69, 9.17) is 4.74 Å². The summed E-state index contributed by atoms with van der Waals surface area (Å²) >= 11 is 0. The van der Waals surface area contributed by atoms with Crippen molar-refractivity contribution in [2.24, 2.45) is 0 Å². The highest BCUT2D eigenvalue weighted by atomic mass is 16.5. The van der Waals surface area contributed by atoms with Crippen LogP contribution in [0.3, 0.4) is 0 Å². The molecule has 4 rings (SSSR count). The van der Waals surface area contributed by atoms with Crippen LogP contribution in [-0.4, -0.2) is 15.3 Å². The molecule has 0 bridgehead atoms. The predicted octanol–water partition coefficient (Wildman–Crippen LogP) is 4.73. The Bertz CT molecular complexity index is 1080. The normalized spacial score (nSPS) is 10.8. The van der Waals surface area contributed by atoms with E-state index in [2.05, 4.69) is 17.2 Å². The van der Waals surface area contributed by atoms with Crippen LogP contribution in [-0.2, 0) is 13.0 Å². The number of amides is 1. The molecule has 0 radical (unpaired) electrons. The summed E-state index contributed by atoms with van der Waals surface area (Å²) in [7, 11) is 0. The summed E-state index contributed by atoms with van der Waals surface area (Å²) in [6, 6.07) is 20.9. The number of pyridine rings is 1. The monoisotopic (exact) mass is 371 g/mol. The first-order chi connectivity index (χ1) is 13.7. The highest BCUT2D eigenvalue weighted by Gasteiger charge is 2.13. The van der Waals surface area contributed by atoms with Gasteiger partial charge in [0, 0.05) is 18.1 Å². The summed E-state index contributed by atoms with van der Waals surface area (Å²) < 4.78 is 7.86. The lowest BCUT2D eigenvalue weighted by Crippen LogP contribution is -2.13. The second-order valence-electron chi connectivity index (χ2n) is 6.49. The standard InChI is InChI=1S/C23H21N3O2/c1-2-17-8-7-9-18(14-17)25-23(27)20-10-3-4-11-21(20)28-16-19-15-26-13-6-5-12-22(26)24-19/h3-15H,2,16H2,1H3,(H,25,27). The number of nitrogens with zero attached hydrogens (tertiary/aromatic N) is 2. The Morgan fingerprint density at radius 1 is 1.07 bits per heavy atom. The number of imidazole rings is 1. The summed E-state index contributed by atoms with van der Waals surface area (Å²) in [6.07, 6.45) is 4.79. The van der Waals surface area contributed by atoms with Crippen LogP contribution in [0.5, 0.6) is 5.75 Å². The summed E-state index contributed by atoms with van der Waals surface area (Å²) in [5.74, 6) is 0.336. The van der Waals surface area contributed by atoms with Crippen LogP contribution in [0.15, 0.2) is 79.1 Å². The molecule has 0 aliphatic carbocycles. The Labute approximate surface area is 163 Å². The van der Waals surface area contributed by atoms with E-state index >= 15 is 0 Å². The largest absolute Gasteiger partial charge is 0.486 e. The van der Waals surface area contributed by atoms with Gasteiger partial charge < -0.3 is 14.5 Å². The average molecular weight is 371 g/mol. The van der Waals surface area contributed by atoms with Crippen LogP contribution in [0.2, 0.25) is 0 Å². The number of rotatable bonds is 6. The third-order valence-electron chi connectivity index (χ3n) is 4.51. The van der Waals surface area contributed by atoms with E-state index in [1.165, 1.54) is 5.56 Å². The van der Waals surface area contributed by atoms with Crippen molar-refractivity contribution in [2.45, 2.75) is 20.0 Å². The molecule has 0 aliphatic heterocycles. The third-order valence-corrected chi connectivity index (χ3v) is 4.51. The number of aromatic nitrogens is 2. The fourth-order valence-electron chi connectivity index (χ4n) is 3.06. The van der Waals surface area contributed by atoms with Crippen molar-refractivity contribution in [1.29, 1.82) is 0 Å². The molecule has 0 aliphatic rings. The lowest BCUT2D eigenvalue weighted by Gasteiger charge is -2.11. The number of aryl methyl sites for hydroxylation is 1. The number of hydrogen-bond donors (Lipinski definition) is 1. The van der Waals surface area contributed by atoms with Gasteiger partial charge in [0.25, 0.3) is 5.91 Å². The van der Waals surface area contributed by atoms with Crippen molar-refractivity contribution in [1.82, 2.24) is 9.38 Å². The van der Waals surface area contributed by atoms with Crippen molar-refractivity contribution in [3.8, 4) is 5.75 Å². The average Bonchev–Trinajstić information content (AvgIpc) is 3.15. The fraction of sp³-hybridized carbons (Fsp3) is 0.130. The highest BCUT2D eigenvalue weighted by molar-refractivity contribution is 6.06. The molecule has 1 amide bonds. The van der Waals surface area contributed by atoms with Gasteiger partial charge in [-0.15, -0.1) is 0 Å². The molecule has 28 heavy (non-hydrogen) atoms. The van der Waals surface area contributed by atoms with Gasteiger partial charge >= 0.3 is 0 Å². The Hall–Kier alpha value is -3.60. The molecular weight excluding hydrogens is 350 g/mol. The van der Waals surface area contributed by atoms with Crippen molar-refractivity contribution in [2.75, 3.05) is 5.32 Å². The SMILES string of the molecule is CCc1cccc(NC(=O)c2ccccc2OCc2cn3ccccc3n2)c1. The number of fused-ring (bicyclic) bond motifs is 1. The molecule has 0 atom stereocenters. The molecule has 0 unspecified atom stereocenters. The minimum atomic E-state index is -0.196. The van der Waals surface area contributed by atoms with Crippen molar-refractivity contribution in [3.63, 3.8) is 0 Å². The smallest absolute Gasteiger partial charge is 0.259 e. The number of nitrogens with one attached hydrogen (secondary N) is 1. The second-order valence-corrected chi connectivity index (χ2v) is 6.49. The molecule has 140 valence electrons. The first-order valence-corrected chi connectivity index (χ1v) is 9.27. The van der Waals surface area contributed by atoms with Crippen LogP contribution >= 0.6 is 0 Å². The quantitative estimate of drug-likeness (QED) is 0.533. The Kier molecular flexibility index (Phi) is 5.06. The molecule has 2 heterocycles. The van der Waals surface area contributed by atoms with E-state index in [0.29, 0.717) is 11.3 Å². The zero-order valence-corrected chi connectivity index (χ0v) is 15.6. The Morgan fingerprint density at radius 3 is 2.79 bits per heavy atom. The van der Waals surface area contributed by atoms with Gasteiger partial charge in [0.05, 0.1) is 11.3 Å².